The van der Waals surface area contributed by atoms with E-state index in [2.05, 4.69) is 15.8 Å². The van der Waals surface area contributed by atoms with Crippen molar-refractivity contribution in [3.05, 3.63) is 47.5 Å². The maximum atomic E-state index is 12.0. The molecule has 0 aromatic heterocycles. The Kier molecular flexibility index (Phi) is 6.15. The third kappa shape index (κ3) is 4.73. The first kappa shape index (κ1) is 18.8. The molecule has 8 heteroatoms. The van der Waals surface area contributed by atoms with E-state index in [1.807, 2.05) is 13.0 Å². The minimum Gasteiger partial charge on any atom is -0.504 e. The Balaban J connectivity index is 1.99. The summed E-state index contributed by atoms with van der Waals surface area (Å²) >= 11 is 0. The molecule has 0 bridgehead atoms. The van der Waals surface area contributed by atoms with Crippen LogP contribution < -0.4 is 20.2 Å². The van der Waals surface area contributed by atoms with E-state index in [0.29, 0.717) is 17.0 Å². The van der Waals surface area contributed by atoms with Crippen LogP contribution in [0.4, 0.5) is 5.69 Å². The molecule has 0 atom stereocenters. The fraction of sp³-hybridized carbons (Fsp3) is 0.167. The summed E-state index contributed by atoms with van der Waals surface area (Å²) in [7, 11) is 2.89. The number of phenolic OH excluding ortho intramolecular Hbond substituents is 1. The number of hydrogen-bond donors (Lipinski definition) is 3. The van der Waals surface area contributed by atoms with Crippen LogP contribution >= 0.6 is 0 Å². The summed E-state index contributed by atoms with van der Waals surface area (Å²) in [6.07, 6.45) is 1.32. The number of benzene rings is 2. The number of nitrogens with one attached hydrogen (secondary N) is 2. The van der Waals surface area contributed by atoms with E-state index in [1.165, 1.54) is 32.6 Å². The van der Waals surface area contributed by atoms with Gasteiger partial charge >= 0.3 is 11.8 Å². The highest BCUT2D eigenvalue weighted by Crippen LogP contribution is 2.26. The van der Waals surface area contributed by atoms with Crippen molar-refractivity contribution in [1.29, 1.82) is 0 Å². The summed E-state index contributed by atoms with van der Waals surface area (Å²) in [5.41, 5.74) is 3.99. The number of carbonyl (C=O) groups excluding carboxylic acids is 2. The lowest BCUT2D eigenvalue weighted by atomic mass is 10.2. The molecule has 0 heterocycles. The first-order valence-corrected chi connectivity index (χ1v) is 7.60. The summed E-state index contributed by atoms with van der Waals surface area (Å²) in [5, 5.41) is 15.7. The van der Waals surface area contributed by atoms with Crippen LogP contribution in [0.15, 0.2) is 41.5 Å². The Hall–Kier alpha value is -3.55. The van der Waals surface area contributed by atoms with Gasteiger partial charge in [-0.05, 0) is 48.4 Å². The summed E-state index contributed by atoms with van der Waals surface area (Å²) < 4.78 is 10.1. The zero-order chi connectivity index (χ0) is 19.1. The molecule has 3 N–H and O–H groups in total. The van der Waals surface area contributed by atoms with Gasteiger partial charge in [0.05, 0.1) is 26.1 Å². The highest BCUT2D eigenvalue weighted by atomic mass is 16.5. The second kappa shape index (κ2) is 8.52. The van der Waals surface area contributed by atoms with Crippen LogP contribution in [0.5, 0.6) is 17.2 Å². The lowest BCUT2D eigenvalue weighted by Crippen LogP contribution is -2.32. The molecule has 0 spiro atoms. The smallest absolute Gasteiger partial charge is 0.329 e. The van der Waals surface area contributed by atoms with E-state index < -0.39 is 11.8 Å². The van der Waals surface area contributed by atoms with Gasteiger partial charge in [-0.1, -0.05) is 6.07 Å². The Morgan fingerprint density at radius 1 is 1.04 bits per heavy atom. The van der Waals surface area contributed by atoms with Gasteiger partial charge in [-0.2, -0.15) is 5.10 Å². The van der Waals surface area contributed by atoms with E-state index in [0.717, 1.165) is 5.56 Å². The van der Waals surface area contributed by atoms with Gasteiger partial charge in [0, 0.05) is 0 Å². The number of aromatic hydroxyl groups is 1. The van der Waals surface area contributed by atoms with Crippen molar-refractivity contribution in [2.24, 2.45) is 5.10 Å². The highest BCUT2D eigenvalue weighted by Gasteiger charge is 2.15. The first-order chi connectivity index (χ1) is 12.4. The van der Waals surface area contributed by atoms with Gasteiger partial charge in [0.2, 0.25) is 0 Å². The van der Waals surface area contributed by atoms with Crippen molar-refractivity contribution in [2.45, 2.75) is 6.92 Å². The SMILES string of the molecule is COc1cc(/C=N\NC(=O)C(=O)Nc2cc(C)ccc2OC)ccc1O. The van der Waals surface area contributed by atoms with Crippen LogP contribution in [0.3, 0.4) is 0 Å². The van der Waals surface area contributed by atoms with Crippen molar-refractivity contribution in [3.63, 3.8) is 0 Å². The predicted molar refractivity (Wildman–Crippen MR) is 96.8 cm³/mol. The number of ether oxygens (including phenoxy) is 2. The third-order valence-electron chi connectivity index (χ3n) is 3.39. The lowest BCUT2D eigenvalue weighted by Gasteiger charge is -2.10. The fourth-order valence-electron chi connectivity index (χ4n) is 2.09. The topological polar surface area (TPSA) is 109 Å². The molecular weight excluding hydrogens is 338 g/mol. The molecule has 2 aromatic carbocycles. The number of hydrogen-bond acceptors (Lipinski definition) is 6. The maximum absolute atomic E-state index is 12.0. The monoisotopic (exact) mass is 357 g/mol. The second-order valence-corrected chi connectivity index (χ2v) is 5.29. The van der Waals surface area contributed by atoms with Gasteiger partial charge in [-0.15, -0.1) is 0 Å². The highest BCUT2D eigenvalue weighted by molar-refractivity contribution is 6.39. The quantitative estimate of drug-likeness (QED) is 0.429. The molecule has 0 unspecified atom stereocenters. The molecule has 0 aliphatic rings. The lowest BCUT2D eigenvalue weighted by molar-refractivity contribution is -0.136. The third-order valence-corrected chi connectivity index (χ3v) is 3.39. The van der Waals surface area contributed by atoms with E-state index in [4.69, 9.17) is 9.47 Å². The van der Waals surface area contributed by atoms with Gasteiger partial charge in [0.15, 0.2) is 11.5 Å². The van der Waals surface area contributed by atoms with Crippen molar-refractivity contribution in [3.8, 4) is 17.2 Å². The van der Waals surface area contributed by atoms with E-state index in [9.17, 15) is 14.7 Å². The first-order valence-electron chi connectivity index (χ1n) is 7.60. The normalized spacial score (nSPS) is 10.4. The Bertz CT molecular complexity index is 849. The number of hydrazone groups is 1. The predicted octanol–water partition coefficient (Wildman–Crippen LogP) is 1.81. The van der Waals surface area contributed by atoms with Gasteiger partial charge in [0.25, 0.3) is 0 Å². The van der Waals surface area contributed by atoms with E-state index >= 15 is 0 Å². The molecule has 0 aliphatic heterocycles. The average molecular weight is 357 g/mol. The molecule has 0 saturated heterocycles. The standard InChI is InChI=1S/C18H19N3O5/c1-11-4-7-15(25-2)13(8-11)20-17(23)18(24)21-19-10-12-5-6-14(22)16(9-12)26-3/h4-10,22H,1-3H3,(H,20,23)(H,21,24)/b19-10-. The molecule has 0 radical (unpaired) electrons. The number of anilines is 1. The number of nitrogens with zero attached hydrogens (tertiary/aromatic N) is 1. The molecular formula is C18H19N3O5. The van der Waals surface area contributed by atoms with Crippen LogP contribution in [0.2, 0.25) is 0 Å². The van der Waals surface area contributed by atoms with Gasteiger partial charge in [0.1, 0.15) is 5.75 Å². The molecule has 0 saturated carbocycles. The van der Waals surface area contributed by atoms with Gasteiger partial charge < -0.3 is 19.9 Å². The second-order valence-electron chi connectivity index (χ2n) is 5.29. The number of amides is 2. The van der Waals surface area contributed by atoms with Crippen LogP contribution in [-0.2, 0) is 9.59 Å². The number of rotatable bonds is 5. The molecule has 2 rings (SSSR count). The Morgan fingerprint density at radius 2 is 1.77 bits per heavy atom. The summed E-state index contributed by atoms with van der Waals surface area (Å²) in [6.45, 7) is 1.85. The molecule has 2 amide bonds. The van der Waals surface area contributed by atoms with Crippen molar-refractivity contribution < 1.29 is 24.2 Å². The van der Waals surface area contributed by atoms with Crippen molar-refractivity contribution >= 4 is 23.7 Å². The van der Waals surface area contributed by atoms with Gasteiger partial charge in [-0.3, -0.25) is 9.59 Å². The average Bonchev–Trinajstić information content (AvgIpc) is 2.63. The minimum absolute atomic E-state index is 0.0137. The molecule has 8 nitrogen and oxygen atoms in total. The zero-order valence-electron chi connectivity index (χ0n) is 14.6. The number of phenols is 1. The van der Waals surface area contributed by atoms with Crippen molar-refractivity contribution in [2.75, 3.05) is 19.5 Å². The molecule has 0 fully saturated rings. The zero-order valence-corrected chi connectivity index (χ0v) is 14.6. The molecule has 2 aromatic rings. The van der Waals surface area contributed by atoms with Crippen molar-refractivity contribution in [1.82, 2.24) is 5.43 Å². The molecule has 136 valence electrons. The van der Waals surface area contributed by atoms with E-state index in [-0.39, 0.29) is 11.5 Å². The van der Waals surface area contributed by atoms with Crippen LogP contribution in [0.1, 0.15) is 11.1 Å². The molecule has 0 aliphatic carbocycles. The fourth-order valence-corrected chi connectivity index (χ4v) is 2.09. The van der Waals surface area contributed by atoms with Gasteiger partial charge in [-0.25, -0.2) is 5.43 Å². The van der Waals surface area contributed by atoms with Crippen LogP contribution in [-0.4, -0.2) is 37.4 Å². The number of aryl methyl sites for hydroxylation is 1. The Labute approximate surface area is 150 Å². The van der Waals surface area contributed by atoms with Crippen LogP contribution in [0.25, 0.3) is 0 Å². The summed E-state index contributed by atoms with van der Waals surface area (Å²) in [6, 6.07) is 9.74. The summed E-state index contributed by atoms with van der Waals surface area (Å²) in [4.78, 5) is 23.8. The molecule has 26 heavy (non-hydrogen) atoms. The summed E-state index contributed by atoms with van der Waals surface area (Å²) in [5.74, 6) is -1.12. The maximum Gasteiger partial charge on any atom is 0.329 e. The Morgan fingerprint density at radius 3 is 2.46 bits per heavy atom. The number of methoxy groups -OCH3 is 2. The minimum atomic E-state index is -0.935. The largest absolute Gasteiger partial charge is 0.504 e. The number of carbonyl (C=O) groups is 2. The van der Waals surface area contributed by atoms with E-state index in [1.54, 1.807) is 18.2 Å². The van der Waals surface area contributed by atoms with Crippen LogP contribution in [0, 0.1) is 6.92 Å².